The van der Waals surface area contributed by atoms with Crippen molar-refractivity contribution in [1.82, 2.24) is 0 Å². The van der Waals surface area contributed by atoms with Crippen LogP contribution in [0, 0.1) is 0 Å². The van der Waals surface area contributed by atoms with Gasteiger partial charge in [0.05, 0.1) is 22.6 Å². The van der Waals surface area contributed by atoms with Crippen molar-refractivity contribution >= 4 is 47.4 Å². The highest BCUT2D eigenvalue weighted by molar-refractivity contribution is 7.95. The van der Waals surface area contributed by atoms with Gasteiger partial charge in [-0.25, -0.2) is 25.8 Å². The Morgan fingerprint density at radius 1 is 1.11 bits per heavy atom. The Balaban J connectivity index is 3.64. The number of hydrogen-bond donors (Lipinski definition) is 0. The maximum absolute atomic E-state index is 12.3. The van der Waals surface area contributed by atoms with Gasteiger partial charge in [-0.3, -0.25) is 0 Å². The molecule has 0 aliphatic rings. The van der Waals surface area contributed by atoms with Crippen molar-refractivity contribution in [2.24, 2.45) is 0 Å². The lowest BCUT2D eigenvalue weighted by Crippen LogP contribution is -2.28. The summed E-state index contributed by atoms with van der Waals surface area (Å²) in [5.74, 6) is -3.29. The first-order valence-corrected chi connectivity index (χ1v) is 11.6. The molecule has 0 N–H and O–H groups in total. The van der Waals surface area contributed by atoms with Gasteiger partial charge < -0.3 is 4.74 Å². The first-order chi connectivity index (χ1) is 12.0. The fourth-order valence-corrected chi connectivity index (χ4v) is 5.90. The van der Waals surface area contributed by atoms with E-state index in [9.17, 15) is 43.2 Å². The van der Waals surface area contributed by atoms with E-state index in [1.54, 1.807) is 0 Å². The van der Waals surface area contributed by atoms with Crippen LogP contribution in [0.4, 0.5) is 13.2 Å². The van der Waals surface area contributed by atoms with Gasteiger partial charge in [-0.1, -0.05) is 11.6 Å². The van der Waals surface area contributed by atoms with Crippen LogP contribution in [-0.4, -0.2) is 56.0 Å². The number of methoxy groups -OCH3 is 1. The maximum Gasteiger partial charge on any atom is 0.523 e. The van der Waals surface area contributed by atoms with Gasteiger partial charge in [0.1, 0.15) is 4.90 Å². The minimum atomic E-state index is -6.29. The number of rotatable bonds is 6. The third kappa shape index (κ3) is 5.10. The van der Waals surface area contributed by atoms with Crippen molar-refractivity contribution in [2.75, 3.05) is 19.3 Å². The average molecular weight is 475 g/mol. The number of alkyl halides is 3. The summed E-state index contributed by atoms with van der Waals surface area (Å²) in [4.78, 5) is 9.32. The van der Waals surface area contributed by atoms with E-state index < -0.39 is 67.6 Å². The summed E-state index contributed by atoms with van der Waals surface area (Å²) in [6.45, 7) is 0. The highest BCUT2D eigenvalue weighted by atomic mass is 35.5. The van der Waals surface area contributed by atoms with Crippen molar-refractivity contribution in [2.45, 2.75) is 15.3 Å². The van der Waals surface area contributed by atoms with Crippen molar-refractivity contribution in [1.29, 1.82) is 0 Å². The number of halogens is 4. The second-order valence-electron chi connectivity index (χ2n) is 4.77. The van der Waals surface area contributed by atoms with Crippen LogP contribution in [0.2, 0.25) is 5.02 Å². The molecule has 0 aliphatic carbocycles. The maximum atomic E-state index is 12.3. The molecular weight excluding hydrogens is 465 g/mol. The molecule has 0 radical (unpaired) electrons. The minimum Gasteiger partial charge on any atom is -0.465 e. The van der Waals surface area contributed by atoms with E-state index in [0.717, 1.165) is 13.2 Å². The largest absolute Gasteiger partial charge is 0.523 e. The summed E-state index contributed by atoms with van der Waals surface area (Å²) < 4.78 is 115. The Hall–Kier alpha value is -1.42. The summed E-state index contributed by atoms with van der Waals surface area (Å²) in [7, 11) is -14.9. The van der Waals surface area contributed by atoms with E-state index >= 15 is 0 Å². The molecule has 1 aromatic carbocycles. The number of carbonyl (C=O) groups excluding carboxylic acids is 1. The molecule has 0 heterocycles. The topological polar surface area (TPSA) is 138 Å². The summed E-state index contributed by atoms with van der Waals surface area (Å²) in [5.41, 5.74) is -6.54. The van der Waals surface area contributed by atoms with Gasteiger partial charge in [0.15, 0.2) is 15.8 Å². The Kier molecular flexibility index (Phi) is 6.59. The van der Waals surface area contributed by atoms with Crippen LogP contribution >= 0.6 is 11.6 Å². The van der Waals surface area contributed by atoms with Gasteiger partial charge in [-0.2, -0.15) is 21.6 Å². The first kappa shape index (κ1) is 23.6. The molecule has 27 heavy (non-hydrogen) atoms. The molecule has 1 rings (SSSR count). The van der Waals surface area contributed by atoms with E-state index in [0.29, 0.717) is 12.3 Å². The Morgan fingerprint density at radius 2 is 1.63 bits per heavy atom. The Labute approximate surface area is 157 Å². The smallest absolute Gasteiger partial charge is 0.465 e. The van der Waals surface area contributed by atoms with Crippen LogP contribution in [-0.2, 0) is 38.7 Å². The predicted octanol–water partition coefficient (Wildman–Crippen LogP) is 1.13. The Morgan fingerprint density at radius 3 is 2.04 bits per heavy atom. The lowest BCUT2D eigenvalue weighted by molar-refractivity contribution is -0.0531. The summed E-state index contributed by atoms with van der Waals surface area (Å²) >= 11 is 5.75. The molecule has 0 amide bonds. The molecule has 9 nitrogen and oxygen atoms in total. The molecule has 0 aliphatic heterocycles. The van der Waals surface area contributed by atoms with Crippen LogP contribution in [0.25, 0.3) is 0 Å². The van der Waals surface area contributed by atoms with E-state index in [2.05, 4.69) is 8.92 Å². The van der Waals surface area contributed by atoms with Crippen LogP contribution in [0.5, 0.6) is 0 Å². The first-order valence-electron chi connectivity index (χ1n) is 6.25. The quantitative estimate of drug-likeness (QED) is 0.337. The number of ether oxygens (including phenoxy) is 1. The van der Waals surface area contributed by atoms with Gasteiger partial charge in [0.25, 0.3) is 0 Å². The molecule has 0 bridgehead atoms. The zero-order chi connectivity index (χ0) is 21.4. The lowest BCUT2D eigenvalue weighted by Gasteiger charge is -2.14. The predicted molar refractivity (Wildman–Crippen MR) is 84.0 cm³/mol. The monoisotopic (exact) mass is 474 g/mol. The van der Waals surface area contributed by atoms with Crippen LogP contribution < -0.4 is 0 Å². The Bertz CT molecular complexity index is 1070. The molecule has 0 saturated heterocycles. The van der Waals surface area contributed by atoms with Crippen LogP contribution in [0.3, 0.4) is 0 Å². The highest BCUT2D eigenvalue weighted by Gasteiger charge is 2.48. The fourth-order valence-electron chi connectivity index (χ4n) is 1.64. The normalized spacial score (nSPS) is 13.4. The third-order valence-electron chi connectivity index (χ3n) is 2.82. The van der Waals surface area contributed by atoms with E-state index in [4.69, 9.17) is 11.6 Å². The van der Waals surface area contributed by atoms with E-state index in [1.807, 2.05) is 0 Å². The second-order valence-corrected chi connectivity index (χ2v) is 10.6. The van der Waals surface area contributed by atoms with Gasteiger partial charge >= 0.3 is 21.6 Å². The van der Waals surface area contributed by atoms with Crippen molar-refractivity contribution in [3.8, 4) is 0 Å². The van der Waals surface area contributed by atoms with Crippen LogP contribution in [0.15, 0.2) is 21.9 Å². The zero-order valence-corrected chi connectivity index (χ0v) is 16.5. The molecule has 0 atom stereocenters. The third-order valence-corrected chi connectivity index (χ3v) is 7.21. The zero-order valence-electron chi connectivity index (χ0n) is 13.3. The number of benzene rings is 1. The van der Waals surface area contributed by atoms with Gasteiger partial charge in [0.2, 0.25) is 9.84 Å². The van der Waals surface area contributed by atoms with Crippen molar-refractivity contribution in [3.05, 3.63) is 22.7 Å². The minimum absolute atomic E-state index is 0.558. The summed E-state index contributed by atoms with van der Waals surface area (Å²) in [6, 6.07) is 1.47. The summed E-state index contributed by atoms with van der Waals surface area (Å²) in [6.07, 6.45) is 0.558. The molecule has 0 aromatic heterocycles. The second kappa shape index (κ2) is 7.54. The standard InChI is InChI=1S/C11H10ClF3O9S3/c1-23-10(16)6-3-4-7(25(2,17)18)9(8(6)12)26(19,20)5-24-27(21,22)11(13,14)15/h3-4H,5H2,1-2H3. The molecular formula is C11H10ClF3O9S3. The lowest BCUT2D eigenvalue weighted by atomic mass is 10.2. The molecule has 0 fully saturated rings. The number of sulfone groups is 2. The van der Waals surface area contributed by atoms with E-state index in [1.165, 1.54) is 0 Å². The number of carbonyl (C=O) groups is 1. The van der Waals surface area contributed by atoms with E-state index in [-0.39, 0.29) is 0 Å². The molecule has 0 saturated carbocycles. The average Bonchev–Trinajstić information content (AvgIpc) is 2.49. The highest BCUT2D eigenvalue weighted by Crippen LogP contribution is 2.34. The molecule has 0 spiro atoms. The van der Waals surface area contributed by atoms with Crippen molar-refractivity contribution in [3.63, 3.8) is 0 Å². The van der Waals surface area contributed by atoms with Gasteiger partial charge in [-0.15, -0.1) is 0 Å². The van der Waals surface area contributed by atoms with Crippen LogP contribution in [0.1, 0.15) is 10.4 Å². The van der Waals surface area contributed by atoms with Gasteiger partial charge in [-0.05, 0) is 12.1 Å². The molecule has 1 aromatic rings. The number of esters is 1. The molecule has 16 heteroatoms. The molecule has 154 valence electrons. The summed E-state index contributed by atoms with van der Waals surface area (Å²) in [5, 5.41) is -0.988. The van der Waals surface area contributed by atoms with Crippen molar-refractivity contribution < 1.29 is 52.1 Å². The molecule has 0 unspecified atom stereocenters. The SMILES string of the molecule is COC(=O)c1ccc(S(C)(=O)=O)c(S(=O)(=O)COS(=O)(=O)C(F)(F)F)c1Cl. The van der Waals surface area contributed by atoms with Gasteiger partial charge in [0, 0.05) is 6.26 Å². The fraction of sp³-hybridized carbons (Fsp3) is 0.364. The number of hydrogen-bond acceptors (Lipinski definition) is 9.